The normalized spacial score (nSPS) is 18.6. The zero-order valence-corrected chi connectivity index (χ0v) is 34.4. The SMILES string of the molecule is NCC1CCC(NC(=O)COc2ccc(Cl)c(F)c2)CC1.O=C(COc1cccc(Cl)c1)NCC1CCC(NC(=O)COc2ccc(Cl)c(F)c2)CC1.O=C(O)C(F)(F)F.[HH].[HH].[HH]. The summed E-state index contributed by atoms with van der Waals surface area (Å²) >= 11 is 17.1. The summed E-state index contributed by atoms with van der Waals surface area (Å²) in [7, 11) is 0. The van der Waals surface area contributed by atoms with Crippen molar-refractivity contribution >= 4 is 58.5 Å². The molecule has 12 nitrogen and oxygen atoms in total. The minimum absolute atomic E-state index is 0. The Morgan fingerprint density at radius 1 is 0.667 bits per heavy atom. The number of carboxylic acid groups (broad SMARTS) is 1. The Morgan fingerprint density at radius 2 is 1.08 bits per heavy atom. The number of rotatable bonds is 14. The molecule has 0 aliphatic heterocycles. The second kappa shape index (κ2) is 25.3. The van der Waals surface area contributed by atoms with Gasteiger partial charge in [0.2, 0.25) is 0 Å². The van der Waals surface area contributed by atoms with Gasteiger partial charge in [0.05, 0.1) is 10.0 Å². The van der Waals surface area contributed by atoms with Gasteiger partial charge in [-0.2, -0.15) is 13.2 Å². The summed E-state index contributed by atoms with van der Waals surface area (Å²) in [6.45, 7) is 0.903. The number of nitrogens with one attached hydrogen (secondary N) is 3. The van der Waals surface area contributed by atoms with Gasteiger partial charge in [-0.05, 0) is 112 Å². The van der Waals surface area contributed by atoms with Crippen LogP contribution in [0.5, 0.6) is 17.2 Å². The Bertz CT molecular complexity index is 1880. The number of halogens is 8. The number of amides is 3. The molecular weight excluding hydrogens is 866 g/mol. The number of nitrogens with two attached hydrogens (primary N) is 1. The van der Waals surface area contributed by atoms with Crippen LogP contribution in [0.2, 0.25) is 15.1 Å². The van der Waals surface area contributed by atoms with Gasteiger partial charge in [0.25, 0.3) is 17.7 Å². The van der Waals surface area contributed by atoms with E-state index in [9.17, 15) is 36.3 Å². The molecule has 5 rings (SSSR count). The molecule has 3 aromatic carbocycles. The third-order valence-electron chi connectivity index (χ3n) is 9.28. The maximum Gasteiger partial charge on any atom is 0.490 e. The standard InChI is InChI=1S/C23H25Cl2FN2O4.C15H20ClFN2O2.C2HF3O2.3H2/c24-16-2-1-3-18(10-16)31-13-22(29)27-12-15-4-6-17(7-5-15)28-23(30)14-32-19-8-9-20(25)21(26)11-19;16-13-6-5-12(7-14(13)17)21-9-15(20)19-11-3-1-10(8-18)2-4-11;3-2(4,5)1(6)7;;;/h1-3,8-11,15,17H,4-7,12-14H2,(H,27,29)(H,28,30);5-7,10-11H,1-4,8-9,18H2,(H,19,20);(H,6,7);3*1H. The smallest absolute Gasteiger partial charge is 0.484 e. The fraction of sp³-hybridized carbons (Fsp3) is 0.450. The topological polar surface area (TPSA) is 178 Å². The lowest BCUT2D eigenvalue weighted by Gasteiger charge is -2.29. The van der Waals surface area contributed by atoms with E-state index in [2.05, 4.69) is 16.0 Å². The molecule has 2 fully saturated rings. The molecule has 2 saturated carbocycles. The van der Waals surface area contributed by atoms with E-state index in [0.717, 1.165) is 57.4 Å². The van der Waals surface area contributed by atoms with Crippen molar-refractivity contribution in [1.29, 1.82) is 0 Å². The van der Waals surface area contributed by atoms with Gasteiger partial charge in [-0.1, -0.05) is 40.9 Å². The molecule has 2 aliphatic rings. The van der Waals surface area contributed by atoms with Crippen molar-refractivity contribution in [2.24, 2.45) is 17.6 Å². The van der Waals surface area contributed by atoms with Crippen LogP contribution in [0.1, 0.15) is 55.6 Å². The van der Waals surface area contributed by atoms with Gasteiger partial charge < -0.3 is 41.0 Å². The van der Waals surface area contributed by atoms with Crippen LogP contribution in [0.4, 0.5) is 22.0 Å². The quantitative estimate of drug-likeness (QED) is 0.0997. The zero-order chi connectivity index (χ0) is 44.2. The summed E-state index contributed by atoms with van der Waals surface area (Å²) in [6.07, 6.45) is 2.33. The average molecular weight is 918 g/mol. The molecule has 3 aromatic rings. The fourth-order valence-corrected chi connectivity index (χ4v) is 6.45. The molecule has 0 radical (unpaired) electrons. The van der Waals surface area contributed by atoms with Crippen LogP contribution in [-0.4, -0.2) is 80.0 Å². The fourth-order valence-electron chi connectivity index (χ4n) is 6.04. The Labute approximate surface area is 363 Å². The van der Waals surface area contributed by atoms with Gasteiger partial charge >= 0.3 is 12.1 Å². The number of hydrogen-bond donors (Lipinski definition) is 5. The van der Waals surface area contributed by atoms with Crippen molar-refractivity contribution < 1.29 is 64.7 Å². The summed E-state index contributed by atoms with van der Waals surface area (Å²) in [4.78, 5) is 44.8. The number of carbonyl (C=O) groups is 4. The zero-order valence-electron chi connectivity index (χ0n) is 32.2. The molecule has 0 atom stereocenters. The number of benzene rings is 3. The van der Waals surface area contributed by atoms with Crippen LogP contribution >= 0.6 is 34.8 Å². The lowest BCUT2D eigenvalue weighted by Crippen LogP contribution is -2.42. The maximum absolute atomic E-state index is 13.4. The molecule has 0 heterocycles. The van der Waals surface area contributed by atoms with Crippen molar-refractivity contribution in [3.63, 3.8) is 0 Å². The highest BCUT2D eigenvalue weighted by Crippen LogP contribution is 2.26. The second-order valence-corrected chi connectivity index (χ2v) is 15.1. The van der Waals surface area contributed by atoms with Crippen LogP contribution in [0.25, 0.3) is 0 Å². The van der Waals surface area contributed by atoms with E-state index in [1.54, 1.807) is 24.3 Å². The first-order valence-corrected chi connectivity index (χ1v) is 19.9. The van der Waals surface area contributed by atoms with Crippen molar-refractivity contribution in [2.45, 2.75) is 69.6 Å². The Balaban J connectivity index is 0.00000107. The number of ether oxygens (including phenoxy) is 3. The molecule has 0 aromatic heterocycles. The van der Waals surface area contributed by atoms with Gasteiger partial charge in [-0.15, -0.1) is 0 Å². The van der Waals surface area contributed by atoms with Crippen molar-refractivity contribution in [1.82, 2.24) is 16.0 Å². The predicted octanol–water partition coefficient (Wildman–Crippen LogP) is 8.24. The third kappa shape index (κ3) is 19.2. The number of aliphatic carboxylic acids is 1. The lowest BCUT2D eigenvalue weighted by atomic mass is 9.86. The van der Waals surface area contributed by atoms with E-state index in [0.29, 0.717) is 41.4 Å². The van der Waals surface area contributed by atoms with E-state index in [4.69, 9.17) is 64.6 Å². The third-order valence-corrected chi connectivity index (χ3v) is 10.1. The molecule has 2 aliphatic carbocycles. The highest BCUT2D eigenvalue weighted by Gasteiger charge is 2.38. The van der Waals surface area contributed by atoms with Gasteiger partial charge in [0.15, 0.2) is 19.8 Å². The molecular formula is C40H52Cl3F5N4O8. The summed E-state index contributed by atoms with van der Waals surface area (Å²) in [5, 5.41) is 16.5. The highest BCUT2D eigenvalue weighted by atomic mass is 35.5. The number of alkyl halides is 3. The van der Waals surface area contributed by atoms with Crippen molar-refractivity contribution in [3.8, 4) is 17.2 Å². The molecule has 0 saturated heterocycles. The maximum atomic E-state index is 13.4. The summed E-state index contributed by atoms with van der Waals surface area (Å²) < 4.78 is 74.4. The molecule has 20 heteroatoms. The average Bonchev–Trinajstić information content (AvgIpc) is 3.21. The molecule has 3 amide bonds. The van der Waals surface area contributed by atoms with Crippen LogP contribution < -0.4 is 35.9 Å². The molecule has 6 N–H and O–H groups in total. The predicted molar refractivity (Wildman–Crippen MR) is 221 cm³/mol. The first-order chi connectivity index (χ1) is 28.4. The van der Waals surface area contributed by atoms with Crippen LogP contribution in [0, 0.1) is 23.5 Å². The van der Waals surface area contributed by atoms with E-state index >= 15 is 0 Å². The molecule has 336 valence electrons. The van der Waals surface area contributed by atoms with Crippen molar-refractivity contribution in [3.05, 3.63) is 87.4 Å². The van der Waals surface area contributed by atoms with Crippen LogP contribution in [-0.2, 0) is 19.2 Å². The molecule has 0 unspecified atom stereocenters. The minimum Gasteiger partial charge on any atom is -0.484 e. The van der Waals surface area contributed by atoms with E-state index in [-0.39, 0.29) is 69.7 Å². The molecule has 0 spiro atoms. The number of carbonyl (C=O) groups excluding carboxylic acids is 3. The van der Waals surface area contributed by atoms with E-state index in [1.165, 1.54) is 30.3 Å². The number of hydrogen-bond acceptors (Lipinski definition) is 8. The Hall–Kier alpha value is -4.58. The molecule has 0 bridgehead atoms. The van der Waals surface area contributed by atoms with Gasteiger partial charge in [0, 0.05) is 40.1 Å². The van der Waals surface area contributed by atoms with Gasteiger partial charge in [-0.25, -0.2) is 13.6 Å². The van der Waals surface area contributed by atoms with Crippen molar-refractivity contribution in [2.75, 3.05) is 32.9 Å². The first kappa shape index (κ1) is 49.8. The molecule has 60 heavy (non-hydrogen) atoms. The van der Waals surface area contributed by atoms with E-state index < -0.39 is 23.8 Å². The summed E-state index contributed by atoms with van der Waals surface area (Å²) in [5.41, 5.74) is 5.64. The Kier molecular flexibility index (Phi) is 21.0. The number of carboxylic acids is 1. The Morgan fingerprint density at radius 3 is 1.48 bits per heavy atom. The first-order valence-electron chi connectivity index (χ1n) is 18.8. The van der Waals surface area contributed by atoms with Crippen LogP contribution in [0.3, 0.4) is 0 Å². The highest BCUT2D eigenvalue weighted by molar-refractivity contribution is 6.31. The summed E-state index contributed by atoms with van der Waals surface area (Å²) in [5.74, 6) is -2.52. The monoisotopic (exact) mass is 916 g/mol. The van der Waals surface area contributed by atoms with Crippen LogP contribution in [0.15, 0.2) is 60.7 Å². The van der Waals surface area contributed by atoms with Gasteiger partial charge in [0.1, 0.15) is 28.9 Å². The second-order valence-electron chi connectivity index (χ2n) is 13.9. The largest absolute Gasteiger partial charge is 0.490 e. The minimum atomic E-state index is -5.08. The van der Waals surface area contributed by atoms with Gasteiger partial charge in [-0.3, -0.25) is 14.4 Å². The lowest BCUT2D eigenvalue weighted by molar-refractivity contribution is -0.192. The summed E-state index contributed by atoms with van der Waals surface area (Å²) in [6, 6.07) is 15.3. The van der Waals surface area contributed by atoms with E-state index in [1.807, 2.05) is 0 Å².